The molecule has 39 heavy (non-hydrogen) atoms. The van der Waals surface area contributed by atoms with Gasteiger partial charge >= 0.3 is 0 Å². The molecule has 1 unspecified atom stereocenters. The fourth-order valence-electron chi connectivity index (χ4n) is 5.33. The first kappa shape index (κ1) is 28.1. The van der Waals surface area contributed by atoms with E-state index >= 15 is 0 Å². The van der Waals surface area contributed by atoms with Crippen molar-refractivity contribution in [3.8, 4) is 0 Å². The molecule has 0 bridgehead atoms. The Hall–Kier alpha value is -3.89. The molecule has 1 heterocycles. The second-order valence-electron chi connectivity index (χ2n) is 10.1. The van der Waals surface area contributed by atoms with Crippen LogP contribution < -0.4 is 0 Å². The molecule has 5 aromatic rings. The minimum Gasteiger partial charge on any atom is -0.327 e. The van der Waals surface area contributed by atoms with Gasteiger partial charge in [-0.15, -0.1) is 0 Å². The van der Waals surface area contributed by atoms with Gasteiger partial charge in [-0.1, -0.05) is 146 Å². The van der Waals surface area contributed by atoms with Crippen molar-refractivity contribution < 1.29 is 0 Å². The monoisotopic (exact) mass is 526 g/mol. The first-order valence-corrected chi connectivity index (χ1v) is 15.7. The highest BCUT2D eigenvalue weighted by atomic mass is 28.2. The maximum absolute atomic E-state index is 4.37. The Kier molecular flexibility index (Phi) is 10.3. The zero-order valence-corrected chi connectivity index (χ0v) is 24.8. The quantitative estimate of drug-likeness (QED) is 0.152. The molecule has 0 aliphatic carbocycles. The number of aromatic nitrogens is 2. The maximum Gasteiger partial charge on any atom is 0.116 e. The van der Waals surface area contributed by atoms with Crippen LogP contribution in [-0.4, -0.2) is 26.9 Å². The van der Waals surface area contributed by atoms with Crippen LogP contribution in [0, 0.1) is 5.92 Å². The molecule has 2 nitrogen and oxygen atoms in total. The average Bonchev–Trinajstić information content (AvgIpc) is 3.55. The van der Waals surface area contributed by atoms with Gasteiger partial charge in [0, 0.05) is 12.4 Å². The van der Waals surface area contributed by atoms with Gasteiger partial charge in [0.15, 0.2) is 0 Å². The molecule has 0 saturated heterocycles. The average molecular weight is 527 g/mol. The van der Waals surface area contributed by atoms with Crippen molar-refractivity contribution >= 4 is 17.4 Å². The van der Waals surface area contributed by atoms with E-state index in [0.717, 1.165) is 0 Å². The van der Waals surface area contributed by atoms with Crippen molar-refractivity contribution in [3.63, 3.8) is 0 Å². The van der Waals surface area contributed by atoms with E-state index < -0.39 is 9.52 Å². The third-order valence-electron chi connectivity index (χ3n) is 7.53. The third kappa shape index (κ3) is 7.16. The summed E-state index contributed by atoms with van der Waals surface area (Å²) in [4.78, 5) is 4.37. The minimum absolute atomic E-state index is 0.102. The third-order valence-corrected chi connectivity index (χ3v) is 10.6. The SMILES string of the molecule is BC(c1ccccc1)c1ccccc1.CC=CC(C)C[SiH2]C(c1ccccc1)(c1ccccc1)n1ccnc1. The summed E-state index contributed by atoms with van der Waals surface area (Å²) < 4.78 is 2.33. The molecule has 0 radical (unpaired) electrons. The summed E-state index contributed by atoms with van der Waals surface area (Å²) >= 11 is 0. The number of hydrogen-bond acceptors (Lipinski definition) is 1. The molecule has 196 valence electrons. The summed E-state index contributed by atoms with van der Waals surface area (Å²) in [5.41, 5.74) is 5.47. The van der Waals surface area contributed by atoms with Crippen molar-refractivity contribution in [2.24, 2.45) is 5.92 Å². The van der Waals surface area contributed by atoms with Crippen LogP contribution in [0.15, 0.2) is 152 Å². The van der Waals surface area contributed by atoms with Gasteiger partial charge in [0.1, 0.15) is 7.85 Å². The van der Waals surface area contributed by atoms with E-state index in [1.54, 1.807) is 0 Å². The van der Waals surface area contributed by atoms with Gasteiger partial charge < -0.3 is 4.57 Å². The van der Waals surface area contributed by atoms with E-state index in [9.17, 15) is 0 Å². The summed E-state index contributed by atoms with van der Waals surface area (Å²) in [7, 11) is 1.70. The Morgan fingerprint density at radius 3 is 1.64 bits per heavy atom. The zero-order chi connectivity index (χ0) is 27.3. The van der Waals surface area contributed by atoms with Gasteiger partial charge in [-0.3, -0.25) is 0 Å². The van der Waals surface area contributed by atoms with Crippen LogP contribution in [0.1, 0.15) is 41.9 Å². The molecule has 0 aliphatic rings. The van der Waals surface area contributed by atoms with E-state index in [0.29, 0.717) is 11.7 Å². The van der Waals surface area contributed by atoms with Crippen LogP contribution in [0.25, 0.3) is 0 Å². The Morgan fingerprint density at radius 2 is 1.23 bits per heavy atom. The molecule has 0 amide bonds. The molecule has 5 rings (SSSR count). The van der Waals surface area contributed by atoms with E-state index in [1.165, 1.54) is 28.3 Å². The van der Waals surface area contributed by atoms with Gasteiger partial charge in [-0.05, 0) is 40.9 Å². The number of benzene rings is 4. The maximum atomic E-state index is 4.37. The number of allylic oxidation sites excluding steroid dienone is 2. The highest BCUT2D eigenvalue weighted by Crippen LogP contribution is 2.35. The minimum atomic E-state index is -0.543. The predicted molar refractivity (Wildman–Crippen MR) is 172 cm³/mol. The van der Waals surface area contributed by atoms with Crippen molar-refractivity contribution in [1.82, 2.24) is 9.55 Å². The first-order valence-electron chi connectivity index (χ1n) is 14.0. The molecule has 4 aromatic carbocycles. The number of nitrogens with zero attached hydrogens (tertiary/aromatic N) is 2. The molecule has 1 aromatic heterocycles. The Bertz CT molecular complexity index is 1290. The standard InChI is InChI=1S/C22H26N2Si.C13H13B/c1-3-10-19(2)17-25-22(24-16-15-23-18-24,20-11-6-4-7-12-20)21-13-8-5-9-14-21;14-13(11-7-3-1-4-8-11)12-9-5-2-6-10-12/h3-16,18-19H,17,25H2,1-2H3;1-10,13H,14H2. The van der Waals surface area contributed by atoms with E-state index in [1.807, 2.05) is 12.5 Å². The molecule has 0 spiro atoms. The van der Waals surface area contributed by atoms with E-state index in [2.05, 4.69) is 171 Å². The molecule has 0 N–H and O–H groups in total. The summed E-state index contributed by atoms with van der Waals surface area (Å²) in [6, 6.07) is 44.3. The van der Waals surface area contributed by atoms with Gasteiger partial charge in [-0.25, -0.2) is 4.98 Å². The van der Waals surface area contributed by atoms with Crippen LogP contribution in [0.3, 0.4) is 0 Å². The van der Waals surface area contributed by atoms with Crippen molar-refractivity contribution in [2.45, 2.75) is 30.9 Å². The van der Waals surface area contributed by atoms with Gasteiger partial charge in [0.05, 0.1) is 21.0 Å². The van der Waals surface area contributed by atoms with Gasteiger partial charge in [-0.2, -0.15) is 0 Å². The second kappa shape index (κ2) is 14.3. The number of imidazole rings is 1. The van der Waals surface area contributed by atoms with Crippen molar-refractivity contribution in [3.05, 3.63) is 174 Å². The lowest BCUT2D eigenvalue weighted by atomic mass is 9.76. The number of rotatable bonds is 9. The Morgan fingerprint density at radius 1 is 0.769 bits per heavy atom. The molecule has 0 fully saturated rings. The van der Waals surface area contributed by atoms with Crippen LogP contribution in [0.2, 0.25) is 6.04 Å². The van der Waals surface area contributed by atoms with Crippen LogP contribution >= 0.6 is 0 Å². The molecule has 0 aliphatic heterocycles. The van der Waals surface area contributed by atoms with Crippen LogP contribution in [0.5, 0.6) is 0 Å². The molecule has 0 saturated carbocycles. The van der Waals surface area contributed by atoms with Crippen molar-refractivity contribution in [2.75, 3.05) is 0 Å². The first-order chi connectivity index (χ1) is 19.1. The largest absolute Gasteiger partial charge is 0.327 e. The highest BCUT2D eigenvalue weighted by molar-refractivity contribution is 6.41. The second-order valence-corrected chi connectivity index (χ2v) is 12.2. The lowest BCUT2D eigenvalue weighted by molar-refractivity contribution is 0.585. The molecule has 1 atom stereocenters. The summed E-state index contributed by atoms with van der Waals surface area (Å²) in [5.74, 6) is 1.09. The fourth-order valence-corrected chi connectivity index (χ4v) is 7.89. The molecular weight excluding hydrogens is 487 g/mol. The highest BCUT2D eigenvalue weighted by Gasteiger charge is 2.35. The fraction of sp³-hybridized carbons (Fsp3) is 0.171. The normalized spacial score (nSPS) is 12.5. The Labute approximate surface area is 237 Å². The smallest absolute Gasteiger partial charge is 0.116 e. The predicted octanol–water partition coefficient (Wildman–Crippen LogP) is 6.84. The summed E-state index contributed by atoms with van der Waals surface area (Å²) in [6.07, 6.45) is 10.5. The lowest BCUT2D eigenvalue weighted by Gasteiger charge is -2.37. The topological polar surface area (TPSA) is 17.8 Å². The van der Waals surface area contributed by atoms with Crippen molar-refractivity contribution in [1.29, 1.82) is 0 Å². The molecule has 4 heteroatoms. The number of hydrogen-bond donors (Lipinski definition) is 0. The summed E-state index contributed by atoms with van der Waals surface area (Å²) in [5, 5.41) is -0.102. The zero-order valence-electron chi connectivity index (χ0n) is 23.4. The van der Waals surface area contributed by atoms with E-state index in [-0.39, 0.29) is 5.16 Å². The van der Waals surface area contributed by atoms with E-state index in [4.69, 9.17) is 0 Å². The lowest BCUT2D eigenvalue weighted by Crippen LogP contribution is -2.42. The summed E-state index contributed by atoms with van der Waals surface area (Å²) in [6.45, 7) is 4.43. The van der Waals surface area contributed by atoms with Crippen LogP contribution in [-0.2, 0) is 5.16 Å². The van der Waals surface area contributed by atoms with Gasteiger partial charge in [0.2, 0.25) is 0 Å². The Balaban J connectivity index is 0.000000212. The molecular formula is C35H39BN2Si. The van der Waals surface area contributed by atoms with Crippen LogP contribution in [0.4, 0.5) is 0 Å². The van der Waals surface area contributed by atoms with Gasteiger partial charge in [0.25, 0.3) is 0 Å².